The van der Waals surface area contributed by atoms with E-state index in [2.05, 4.69) is 43.7 Å². The highest BCUT2D eigenvalue weighted by molar-refractivity contribution is 14.0. The Hall–Kier alpha value is -1.78. The third-order valence-corrected chi connectivity index (χ3v) is 4.63. The van der Waals surface area contributed by atoms with Gasteiger partial charge in [0.05, 0.1) is 32.0 Å². The Morgan fingerprint density at radius 3 is 2.62 bits per heavy atom. The molecule has 1 aliphatic heterocycles. The molecule has 0 atom stereocenters. The van der Waals surface area contributed by atoms with Crippen LogP contribution in [0.15, 0.2) is 47.6 Å². The molecule has 1 aromatic carbocycles. The van der Waals surface area contributed by atoms with Crippen molar-refractivity contribution in [2.75, 3.05) is 32.8 Å². The molecule has 6 nitrogen and oxygen atoms in total. The predicted molar refractivity (Wildman–Crippen MR) is 124 cm³/mol. The highest BCUT2D eigenvalue weighted by Crippen LogP contribution is 2.14. The van der Waals surface area contributed by atoms with Gasteiger partial charge in [0, 0.05) is 32.4 Å². The lowest BCUT2D eigenvalue weighted by atomic mass is 10.1. The van der Waals surface area contributed by atoms with Crippen LogP contribution in [0.2, 0.25) is 0 Å². The molecule has 8 heteroatoms. The monoisotopic (exact) mass is 513 g/mol. The first kappa shape index (κ1) is 23.5. The summed E-state index contributed by atoms with van der Waals surface area (Å²) in [6.07, 6.45) is 1.59. The van der Waals surface area contributed by atoms with E-state index in [1.165, 1.54) is 17.2 Å². The van der Waals surface area contributed by atoms with E-state index in [9.17, 15) is 4.39 Å². The van der Waals surface area contributed by atoms with Crippen molar-refractivity contribution < 1.29 is 9.13 Å². The number of pyridine rings is 1. The highest BCUT2D eigenvalue weighted by atomic mass is 127. The maximum Gasteiger partial charge on any atom is 0.191 e. The van der Waals surface area contributed by atoms with Gasteiger partial charge in [-0.15, -0.1) is 24.0 Å². The molecule has 2 heterocycles. The molecule has 1 saturated heterocycles. The van der Waals surface area contributed by atoms with E-state index in [-0.39, 0.29) is 36.3 Å². The van der Waals surface area contributed by atoms with Crippen LogP contribution in [0.5, 0.6) is 0 Å². The smallest absolute Gasteiger partial charge is 0.191 e. The number of rotatable bonds is 7. The number of morpholine rings is 1. The Bertz CT molecular complexity index is 783. The van der Waals surface area contributed by atoms with Crippen molar-refractivity contribution in [3.8, 4) is 0 Å². The topological polar surface area (TPSA) is 61.8 Å². The predicted octanol–water partition coefficient (Wildman–Crippen LogP) is 2.93. The normalized spacial score (nSPS) is 14.9. The molecule has 0 amide bonds. The molecule has 3 rings (SSSR count). The van der Waals surface area contributed by atoms with Crippen LogP contribution in [0.3, 0.4) is 0 Å². The number of guanidine groups is 1. The van der Waals surface area contributed by atoms with Gasteiger partial charge in [-0.25, -0.2) is 9.38 Å². The fourth-order valence-electron chi connectivity index (χ4n) is 3.09. The number of halogens is 2. The zero-order chi connectivity index (χ0) is 19.6. The van der Waals surface area contributed by atoms with E-state index in [0.717, 1.165) is 39.4 Å². The first-order valence-electron chi connectivity index (χ1n) is 9.74. The van der Waals surface area contributed by atoms with E-state index >= 15 is 0 Å². The standard InChI is InChI=1S/C21H28FN5O.HI/c1-2-23-21(26-15-20-19(22)8-5-9-24-20)25-14-17-6-3-4-7-18(17)16-27-10-12-28-13-11-27;/h3-9H,2,10-16H2,1H3,(H2,23,25,26);1H. The van der Waals surface area contributed by atoms with Crippen LogP contribution in [0.25, 0.3) is 0 Å². The van der Waals surface area contributed by atoms with Gasteiger partial charge in [0.15, 0.2) is 5.96 Å². The van der Waals surface area contributed by atoms with Crippen molar-refractivity contribution in [1.29, 1.82) is 0 Å². The average Bonchev–Trinajstić information content (AvgIpc) is 2.73. The first-order chi connectivity index (χ1) is 13.8. The molecule has 0 aliphatic carbocycles. The number of hydrogen-bond donors (Lipinski definition) is 2. The molecule has 0 bridgehead atoms. The van der Waals surface area contributed by atoms with Gasteiger partial charge in [0.2, 0.25) is 0 Å². The molecule has 1 fully saturated rings. The van der Waals surface area contributed by atoms with Crippen LogP contribution in [-0.4, -0.2) is 48.7 Å². The summed E-state index contributed by atoms with van der Waals surface area (Å²) in [5.74, 6) is 0.329. The zero-order valence-electron chi connectivity index (χ0n) is 16.7. The number of hydrogen-bond acceptors (Lipinski definition) is 4. The summed E-state index contributed by atoms with van der Waals surface area (Å²) in [7, 11) is 0. The van der Waals surface area contributed by atoms with Crippen molar-refractivity contribution in [3.05, 3.63) is 65.2 Å². The molecule has 29 heavy (non-hydrogen) atoms. The molecule has 2 N–H and O–H groups in total. The summed E-state index contributed by atoms with van der Waals surface area (Å²) in [4.78, 5) is 11.2. The van der Waals surface area contributed by atoms with Crippen LogP contribution in [-0.2, 0) is 24.4 Å². The number of benzene rings is 1. The summed E-state index contributed by atoms with van der Waals surface area (Å²) in [6.45, 7) is 7.97. The molecule has 0 saturated carbocycles. The molecule has 0 radical (unpaired) electrons. The molecule has 158 valence electrons. The minimum absolute atomic E-state index is 0. The summed E-state index contributed by atoms with van der Waals surface area (Å²) in [5.41, 5.74) is 2.84. The van der Waals surface area contributed by atoms with E-state index in [0.29, 0.717) is 18.2 Å². The van der Waals surface area contributed by atoms with Gasteiger partial charge in [0.25, 0.3) is 0 Å². The number of nitrogens with one attached hydrogen (secondary N) is 2. The second kappa shape index (κ2) is 12.7. The molecule has 2 aromatic rings. The van der Waals surface area contributed by atoms with E-state index in [1.807, 2.05) is 13.0 Å². The lowest BCUT2D eigenvalue weighted by molar-refractivity contribution is 0.0341. The first-order valence-corrected chi connectivity index (χ1v) is 9.74. The molecular weight excluding hydrogens is 484 g/mol. The van der Waals surface area contributed by atoms with E-state index in [4.69, 9.17) is 4.74 Å². The summed E-state index contributed by atoms with van der Waals surface area (Å²) in [6, 6.07) is 11.4. The Morgan fingerprint density at radius 2 is 1.90 bits per heavy atom. The summed E-state index contributed by atoms with van der Waals surface area (Å²) in [5, 5.41) is 6.36. The minimum atomic E-state index is -0.318. The van der Waals surface area contributed by atoms with Crippen molar-refractivity contribution in [2.24, 2.45) is 4.99 Å². The summed E-state index contributed by atoms with van der Waals surface area (Å²) < 4.78 is 19.2. The van der Waals surface area contributed by atoms with Crippen LogP contribution in [0.4, 0.5) is 4.39 Å². The third kappa shape index (κ3) is 7.52. The van der Waals surface area contributed by atoms with Gasteiger partial charge < -0.3 is 15.4 Å². The number of aliphatic imine (C=N–C) groups is 1. The van der Waals surface area contributed by atoms with Gasteiger partial charge in [-0.2, -0.15) is 0 Å². The van der Waals surface area contributed by atoms with Crippen molar-refractivity contribution in [2.45, 2.75) is 26.6 Å². The Kier molecular flexibility index (Phi) is 10.3. The van der Waals surface area contributed by atoms with Gasteiger partial charge >= 0.3 is 0 Å². The zero-order valence-corrected chi connectivity index (χ0v) is 19.1. The minimum Gasteiger partial charge on any atom is -0.379 e. The van der Waals surface area contributed by atoms with Gasteiger partial charge in [-0.1, -0.05) is 24.3 Å². The number of nitrogens with zero attached hydrogens (tertiary/aromatic N) is 3. The van der Waals surface area contributed by atoms with Crippen molar-refractivity contribution in [1.82, 2.24) is 20.5 Å². The number of ether oxygens (including phenoxy) is 1. The van der Waals surface area contributed by atoms with Crippen LogP contribution in [0, 0.1) is 5.82 Å². The maximum atomic E-state index is 13.8. The van der Waals surface area contributed by atoms with E-state index in [1.54, 1.807) is 12.3 Å². The van der Waals surface area contributed by atoms with Gasteiger partial charge in [-0.05, 0) is 30.2 Å². The SMILES string of the molecule is CCNC(=NCc1ccccc1CN1CCOCC1)NCc1ncccc1F.I. The largest absolute Gasteiger partial charge is 0.379 e. The Balaban J connectivity index is 0.00000300. The number of aromatic nitrogens is 1. The van der Waals surface area contributed by atoms with Gasteiger partial charge in [-0.3, -0.25) is 9.88 Å². The van der Waals surface area contributed by atoms with Crippen LogP contribution < -0.4 is 10.6 Å². The Morgan fingerprint density at radius 1 is 1.14 bits per heavy atom. The third-order valence-electron chi connectivity index (χ3n) is 4.63. The molecule has 1 aromatic heterocycles. The second-order valence-corrected chi connectivity index (χ2v) is 6.64. The quantitative estimate of drug-likeness (QED) is 0.339. The van der Waals surface area contributed by atoms with Gasteiger partial charge in [0.1, 0.15) is 5.82 Å². The highest BCUT2D eigenvalue weighted by Gasteiger charge is 2.12. The van der Waals surface area contributed by atoms with Crippen molar-refractivity contribution >= 4 is 29.9 Å². The molecule has 0 unspecified atom stereocenters. The fourth-order valence-corrected chi connectivity index (χ4v) is 3.09. The lowest BCUT2D eigenvalue weighted by Gasteiger charge is -2.27. The molecular formula is C21H29FIN5O. The van der Waals surface area contributed by atoms with E-state index < -0.39 is 0 Å². The van der Waals surface area contributed by atoms with Crippen LogP contribution in [0.1, 0.15) is 23.7 Å². The fraction of sp³-hybridized carbons (Fsp3) is 0.429. The maximum absolute atomic E-state index is 13.8. The average molecular weight is 513 g/mol. The van der Waals surface area contributed by atoms with Crippen molar-refractivity contribution in [3.63, 3.8) is 0 Å². The molecule has 0 spiro atoms. The van der Waals surface area contributed by atoms with Crippen LogP contribution >= 0.6 is 24.0 Å². The molecule has 1 aliphatic rings. The lowest BCUT2D eigenvalue weighted by Crippen LogP contribution is -2.37. The second-order valence-electron chi connectivity index (χ2n) is 6.64. The summed E-state index contributed by atoms with van der Waals surface area (Å²) >= 11 is 0. The Labute approximate surface area is 189 Å².